The molecule has 2 N–H and O–H groups in total. The maximum atomic E-state index is 13.3. The zero-order valence-electron chi connectivity index (χ0n) is 17.8. The topological polar surface area (TPSA) is 59.6 Å². The summed E-state index contributed by atoms with van der Waals surface area (Å²) in [5.74, 6) is 1.48. The van der Waals surface area contributed by atoms with E-state index in [-0.39, 0.29) is 17.2 Å². The van der Waals surface area contributed by atoms with Gasteiger partial charge in [-0.1, -0.05) is 26.0 Å². The summed E-state index contributed by atoms with van der Waals surface area (Å²) in [5.41, 5.74) is 4.60. The van der Waals surface area contributed by atoms with Crippen LogP contribution in [0, 0.1) is 5.41 Å². The number of halogens is 1. The molecule has 0 fully saturated rings. The number of ketones is 1. The van der Waals surface area contributed by atoms with Gasteiger partial charge in [0.15, 0.2) is 17.3 Å². The molecule has 0 amide bonds. The predicted molar refractivity (Wildman–Crippen MR) is 123 cm³/mol. The summed E-state index contributed by atoms with van der Waals surface area (Å²) >= 11 is 3.63. The second-order valence-electron chi connectivity index (χ2n) is 8.55. The van der Waals surface area contributed by atoms with Gasteiger partial charge in [0.25, 0.3) is 0 Å². The van der Waals surface area contributed by atoms with E-state index in [1.807, 2.05) is 43.3 Å². The van der Waals surface area contributed by atoms with Crippen molar-refractivity contribution in [2.75, 3.05) is 24.4 Å². The number of hydrogen-bond acceptors (Lipinski definition) is 5. The van der Waals surface area contributed by atoms with Gasteiger partial charge in [0, 0.05) is 17.7 Å². The molecule has 4 rings (SSSR count). The summed E-state index contributed by atoms with van der Waals surface area (Å²) in [6.07, 6.45) is 1.34. The fourth-order valence-corrected chi connectivity index (χ4v) is 4.90. The number of rotatable bonds is 4. The number of benzene rings is 2. The molecule has 0 spiro atoms. The van der Waals surface area contributed by atoms with Crippen molar-refractivity contribution in [3.05, 3.63) is 57.7 Å². The molecule has 30 heavy (non-hydrogen) atoms. The second-order valence-corrected chi connectivity index (χ2v) is 9.40. The van der Waals surface area contributed by atoms with Gasteiger partial charge in [-0.05, 0) is 64.5 Å². The average Bonchev–Trinajstić information content (AvgIpc) is 2.84. The Morgan fingerprint density at radius 3 is 2.60 bits per heavy atom. The minimum atomic E-state index is -0.291. The molecule has 1 atom stereocenters. The van der Waals surface area contributed by atoms with E-state index >= 15 is 0 Å². The first-order valence-corrected chi connectivity index (χ1v) is 11.0. The van der Waals surface area contributed by atoms with E-state index in [2.05, 4.69) is 40.4 Å². The Hall–Kier alpha value is -2.47. The van der Waals surface area contributed by atoms with Crippen LogP contribution in [0.4, 0.5) is 11.4 Å². The third-order valence-electron chi connectivity index (χ3n) is 5.59. The number of para-hydroxylation sites is 2. The number of allylic oxidation sites excluding steroid dienone is 1. The molecule has 6 heteroatoms. The van der Waals surface area contributed by atoms with Gasteiger partial charge in [0.1, 0.15) is 0 Å². The summed E-state index contributed by atoms with van der Waals surface area (Å²) in [4.78, 5) is 13.3. The van der Waals surface area contributed by atoms with Crippen molar-refractivity contribution in [2.45, 2.75) is 39.7 Å². The summed E-state index contributed by atoms with van der Waals surface area (Å²) in [7, 11) is 1.63. The zero-order valence-corrected chi connectivity index (χ0v) is 19.4. The lowest BCUT2D eigenvalue weighted by molar-refractivity contribution is -0.118. The molecule has 1 heterocycles. The average molecular weight is 471 g/mol. The first-order chi connectivity index (χ1) is 14.3. The molecule has 2 aliphatic rings. The maximum absolute atomic E-state index is 13.3. The van der Waals surface area contributed by atoms with Gasteiger partial charge in [-0.15, -0.1) is 0 Å². The largest absolute Gasteiger partial charge is 0.493 e. The van der Waals surface area contributed by atoms with Crippen LogP contribution in [0.2, 0.25) is 0 Å². The number of anilines is 2. The molecule has 5 nitrogen and oxygen atoms in total. The number of hydrogen-bond donors (Lipinski definition) is 2. The lowest BCUT2D eigenvalue weighted by Crippen LogP contribution is -2.31. The van der Waals surface area contributed by atoms with Crippen molar-refractivity contribution < 1.29 is 14.3 Å². The highest BCUT2D eigenvalue weighted by molar-refractivity contribution is 9.10. The standard InChI is InChI=1S/C24H27BrN2O3/c1-5-30-23-15(25)10-14(11-20(23)29-4)22-21-18(12-24(2,3)13-19(21)28)26-16-8-6-7-9-17(16)27-22/h6-11,22,26-27H,5,12-13H2,1-4H3. The minimum absolute atomic E-state index is 0.0795. The van der Waals surface area contributed by atoms with Crippen molar-refractivity contribution >= 4 is 33.1 Å². The highest BCUT2D eigenvalue weighted by Crippen LogP contribution is 2.47. The van der Waals surface area contributed by atoms with Crippen LogP contribution < -0.4 is 20.1 Å². The Balaban J connectivity index is 1.89. The van der Waals surface area contributed by atoms with Crippen LogP contribution in [0.5, 0.6) is 11.5 Å². The zero-order chi connectivity index (χ0) is 21.5. The number of nitrogens with one attached hydrogen (secondary N) is 2. The number of fused-ring (bicyclic) bond motifs is 1. The van der Waals surface area contributed by atoms with E-state index in [1.165, 1.54) is 0 Å². The van der Waals surface area contributed by atoms with Crippen LogP contribution in [0.15, 0.2) is 52.1 Å². The fourth-order valence-electron chi connectivity index (χ4n) is 4.33. The Morgan fingerprint density at radius 1 is 1.17 bits per heavy atom. The molecule has 1 aliphatic heterocycles. The van der Waals surface area contributed by atoms with E-state index in [0.717, 1.165) is 39.1 Å². The third kappa shape index (κ3) is 3.81. The van der Waals surface area contributed by atoms with Crippen LogP contribution in [0.25, 0.3) is 0 Å². The number of Topliss-reactive ketones (excluding diaryl/α,β-unsaturated/α-hetero) is 1. The molecule has 2 aromatic rings. The quantitative estimate of drug-likeness (QED) is 0.566. The summed E-state index contributed by atoms with van der Waals surface area (Å²) in [6, 6.07) is 11.7. The Labute approximate surface area is 186 Å². The monoisotopic (exact) mass is 470 g/mol. The number of carbonyl (C=O) groups excluding carboxylic acids is 1. The maximum Gasteiger partial charge on any atom is 0.175 e. The molecule has 1 aliphatic carbocycles. The predicted octanol–water partition coefficient (Wildman–Crippen LogP) is 6.08. The van der Waals surface area contributed by atoms with Crippen LogP contribution in [-0.4, -0.2) is 19.5 Å². The lowest BCUT2D eigenvalue weighted by Gasteiger charge is -2.34. The van der Waals surface area contributed by atoms with Gasteiger partial charge in [-0.2, -0.15) is 0 Å². The molecule has 0 aromatic heterocycles. The molecule has 2 aromatic carbocycles. The highest BCUT2D eigenvalue weighted by Gasteiger charge is 2.39. The third-order valence-corrected chi connectivity index (χ3v) is 6.18. The van der Waals surface area contributed by atoms with Crippen molar-refractivity contribution in [3.8, 4) is 11.5 Å². The SMILES string of the molecule is CCOc1c(Br)cc(C2Nc3ccccc3NC3=C2C(=O)CC(C)(C)C3)cc1OC. The molecular formula is C24H27BrN2O3. The van der Waals surface area contributed by atoms with Gasteiger partial charge >= 0.3 is 0 Å². The fraction of sp³-hybridized carbons (Fsp3) is 0.375. The van der Waals surface area contributed by atoms with E-state index < -0.39 is 0 Å². The number of carbonyl (C=O) groups is 1. The first kappa shape index (κ1) is 20.8. The molecular weight excluding hydrogens is 444 g/mol. The van der Waals surface area contributed by atoms with E-state index in [4.69, 9.17) is 9.47 Å². The van der Waals surface area contributed by atoms with Gasteiger partial charge in [-0.3, -0.25) is 4.79 Å². The van der Waals surface area contributed by atoms with Gasteiger partial charge in [-0.25, -0.2) is 0 Å². The molecule has 0 saturated carbocycles. The van der Waals surface area contributed by atoms with Crippen LogP contribution >= 0.6 is 15.9 Å². The van der Waals surface area contributed by atoms with Crippen molar-refractivity contribution in [2.24, 2.45) is 5.41 Å². The van der Waals surface area contributed by atoms with E-state index in [1.54, 1.807) is 7.11 Å². The molecule has 0 radical (unpaired) electrons. The summed E-state index contributed by atoms with van der Waals surface area (Å²) in [6.45, 7) is 6.77. The van der Waals surface area contributed by atoms with Crippen molar-refractivity contribution in [1.82, 2.24) is 0 Å². The number of methoxy groups -OCH3 is 1. The van der Waals surface area contributed by atoms with Crippen molar-refractivity contribution in [1.29, 1.82) is 0 Å². The Kier molecular flexibility index (Phi) is 5.53. The lowest BCUT2D eigenvalue weighted by atomic mass is 9.73. The van der Waals surface area contributed by atoms with E-state index in [9.17, 15) is 4.79 Å². The van der Waals surface area contributed by atoms with Crippen molar-refractivity contribution in [3.63, 3.8) is 0 Å². The minimum Gasteiger partial charge on any atom is -0.493 e. The second kappa shape index (κ2) is 7.99. The number of ether oxygens (including phenoxy) is 2. The van der Waals surface area contributed by atoms with E-state index in [0.29, 0.717) is 24.5 Å². The van der Waals surface area contributed by atoms with Gasteiger partial charge in [0.05, 0.1) is 35.6 Å². The molecule has 158 valence electrons. The summed E-state index contributed by atoms with van der Waals surface area (Å²) < 4.78 is 12.2. The van der Waals surface area contributed by atoms with Crippen LogP contribution in [-0.2, 0) is 4.79 Å². The molecule has 1 unspecified atom stereocenters. The van der Waals surface area contributed by atoms with Crippen LogP contribution in [0.1, 0.15) is 45.2 Å². The molecule has 0 saturated heterocycles. The summed E-state index contributed by atoms with van der Waals surface area (Å²) in [5, 5.41) is 7.16. The van der Waals surface area contributed by atoms with Gasteiger partial charge in [0.2, 0.25) is 0 Å². The van der Waals surface area contributed by atoms with Crippen LogP contribution in [0.3, 0.4) is 0 Å². The molecule has 0 bridgehead atoms. The Bertz CT molecular complexity index is 1030. The van der Waals surface area contributed by atoms with Gasteiger partial charge < -0.3 is 20.1 Å². The first-order valence-electron chi connectivity index (χ1n) is 10.2. The Morgan fingerprint density at radius 2 is 1.90 bits per heavy atom. The highest BCUT2D eigenvalue weighted by atomic mass is 79.9. The normalized spacial score (nSPS) is 19.8. The smallest absolute Gasteiger partial charge is 0.175 e.